The molecule has 0 bridgehead atoms. The summed E-state index contributed by atoms with van der Waals surface area (Å²) >= 11 is 0. The van der Waals surface area contributed by atoms with Crippen LogP contribution in [0.25, 0.3) is 0 Å². The quantitative estimate of drug-likeness (QED) is 0.611. The van der Waals surface area contributed by atoms with Gasteiger partial charge in [-0.2, -0.15) is 0 Å². The van der Waals surface area contributed by atoms with Gasteiger partial charge in [-0.25, -0.2) is 9.59 Å². The largest absolute Gasteiger partial charge is 0.480 e. The van der Waals surface area contributed by atoms with E-state index in [1.165, 1.54) is 0 Å². The average molecular weight is 272 g/mol. The van der Waals surface area contributed by atoms with Crippen molar-refractivity contribution in [2.24, 2.45) is 0 Å². The fourth-order valence-corrected chi connectivity index (χ4v) is 2.94. The molecule has 18 heavy (non-hydrogen) atoms. The van der Waals surface area contributed by atoms with Crippen molar-refractivity contribution in [3.05, 3.63) is 0 Å². The number of carboxylic acids is 1. The van der Waals surface area contributed by atoms with Crippen molar-refractivity contribution in [1.29, 1.82) is 0 Å². The van der Waals surface area contributed by atoms with Crippen molar-refractivity contribution in [3.63, 3.8) is 0 Å². The van der Waals surface area contributed by atoms with E-state index in [2.05, 4.69) is 16.6 Å². The van der Waals surface area contributed by atoms with E-state index in [9.17, 15) is 13.8 Å². The Labute approximate surface area is 108 Å². The lowest BCUT2D eigenvalue weighted by molar-refractivity contribution is -0.139. The first-order chi connectivity index (χ1) is 8.52. The van der Waals surface area contributed by atoms with Crippen molar-refractivity contribution in [1.82, 2.24) is 10.6 Å². The van der Waals surface area contributed by atoms with Gasteiger partial charge in [0.05, 0.1) is 0 Å². The zero-order chi connectivity index (χ0) is 13.5. The molecule has 0 spiro atoms. The second-order valence-electron chi connectivity index (χ2n) is 4.04. The smallest absolute Gasteiger partial charge is 0.327 e. The minimum atomic E-state index is -1.16. The van der Waals surface area contributed by atoms with Gasteiger partial charge in [0.15, 0.2) is 0 Å². The number of hydrogen-bond donors (Lipinski definition) is 3. The summed E-state index contributed by atoms with van der Waals surface area (Å²) in [5.41, 5.74) is 0. The monoisotopic (exact) mass is 272 g/mol. The lowest BCUT2D eigenvalue weighted by Crippen LogP contribution is -2.50. The van der Waals surface area contributed by atoms with Crippen LogP contribution in [0.1, 0.15) is 19.3 Å². The minimum Gasteiger partial charge on any atom is -0.480 e. The maximum Gasteiger partial charge on any atom is 0.327 e. The van der Waals surface area contributed by atoms with Crippen LogP contribution in [0, 0.1) is 12.3 Å². The molecule has 1 atom stereocenters. The molecule has 100 valence electrons. The molecule has 2 amide bonds. The van der Waals surface area contributed by atoms with Crippen LogP contribution >= 0.6 is 0 Å². The first-order valence-corrected chi connectivity index (χ1v) is 7.10. The Hall–Kier alpha value is -1.55. The van der Waals surface area contributed by atoms with Gasteiger partial charge in [0.1, 0.15) is 6.04 Å². The molecule has 0 aromatic carbocycles. The van der Waals surface area contributed by atoms with Crippen LogP contribution in [0.4, 0.5) is 4.79 Å². The molecule has 1 aliphatic rings. The van der Waals surface area contributed by atoms with Gasteiger partial charge in [-0.05, 0) is 12.8 Å². The Morgan fingerprint density at radius 1 is 1.44 bits per heavy atom. The van der Waals surface area contributed by atoms with Crippen molar-refractivity contribution >= 4 is 22.8 Å². The topological polar surface area (TPSA) is 95.5 Å². The van der Waals surface area contributed by atoms with Crippen molar-refractivity contribution in [2.75, 3.05) is 11.5 Å². The maximum atomic E-state index is 11.6. The molecule has 1 rings (SSSR count). The van der Waals surface area contributed by atoms with Gasteiger partial charge >= 0.3 is 12.0 Å². The van der Waals surface area contributed by atoms with Crippen LogP contribution in [-0.4, -0.2) is 44.9 Å². The Morgan fingerprint density at radius 3 is 2.56 bits per heavy atom. The van der Waals surface area contributed by atoms with Crippen LogP contribution < -0.4 is 10.6 Å². The van der Waals surface area contributed by atoms with E-state index >= 15 is 0 Å². The zero-order valence-electron chi connectivity index (χ0n) is 9.85. The number of carbonyl (C=O) groups excluding carboxylic acids is 1. The summed E-state index contributed by atoms with van der Waals surface area (Å²) in [5.74, 6) is 2.18. The van der Waals surface area contributed by atoms with E-state index in [0.717, 1.165) is 0 Å². The molecule has 3 N–H and O–H groups in total. The number of carbonyl (C=O) groups is 2. The molecule has 1 heterocycles. The standard InChI is InChI=1S/C11H16N2O4S/c1-2-3-9(10(14)15)13-11(16)12-8-4-6-18(17)7-5-8/h1,8-9H,3-7H2,(H,14,15)(H2,12,13,16). The van der Waals surface area contributed by atoms with E-state index in [1.54, 1.807) is 0 Å². The third kappa shape index (κ3) is 4.75. The lowest BCUT2D eigenvalue weighted by atomic mass is 10.1. The predicted molar refractivity (Wildman–Crippen MR) is 67.4 cm³/mol. The highest BCUT2D eigenvalue weighted by Crippen LogP contribution is 2.08. The predicted octanol–water partition coefficient (Wildman–Crippen LogP) is -0.327. The second-order valence-corrected chi connectivity index (χ2v) is 5.74. The summed E-state index contributed by atoms with van der Waals surface area (Å²) in [6.45, 7) is 0. The molecule has 0 saturated carbocycles. The normalized spacial score (nSPS) is 24.6. The molecule has 1 fully saturated rings. The Morgan fingerprint density at radius 2 is 2.06 bits per heavy atom. The van der Waals surface area contributed by atoms with Crippen LogP contribution in [0.2, 0.25) is 0 Å². The number of terminal acetylenes is 1. The van der Waals surface area contributed by atoms with Crippen molar-refractivity contribution < 1.29 is 18.9 Å². The van der Waals surface area contributed by atoms with Gasteiger partial charge in [-0.15, -0.1) is 12.3 Å². The summed E-state index contributed by atoms with van der Waals surface area (Å²) < 4.78 is 11.1. The van der Waals surface area contributed by atoms with Gasteiger partial charge in [-0.3, -0.25) is 4.21 Å². The molecule has 1 aliphatic heterocycles. The number of hydrogen-bond acceptors (Lipinski definition) is 3. The van der Waals surface area contributed by atoms with Crippen LogP contribution in [0.5, 0.6) is 0 Å². The number of amides is 2. The molecule has 0 aromatic rings. The Kier molecular flexibility index (Phi) is 5.65. The Balaban J connectivity index is 2.38. The first kappa shape index (κ1) is 14.5. The van der Waals surface area contributed by atoms with E-state index < -0.39 is 28.8 Å². The molecule has 0 aliphatic carbocycles. The molecule has 7 heteroatoms. The van der Waals surface area contributed by atoms with Gasteiger partial charge in [-0.1, -0.05) is 0 Å². The van der Waals surface area contributed by atoms with E-state index in [-0.39, 0.29) is 12.5 Å². The second kappa shape index (κ2) is 7.01. The van der Waals surface area contributed by atoms with Gasteiger partial charge < -0.3 is 15.7 Å². The Bertz CT molecular complexity index is 381. The highest BCUT2D eigenvalue weighted by molar-refractivity contribution is 7.85. The highest BCUT2D eigenvalue weighted by atomic mass is 32.2. The van der Waals surface area contributed by atoms with E-state index in [0.29, 0.717) is 24.3 Å². The maximum absolute atomic E-state index is 11.6. The first-order valence-electron chi connectivity index (χ1n) is 5.61. The van der Waals surface area contributed by atoms with Gasteiger partial charge in [0.25, 0.3) is 0 Å². The lowest BCUT2D eigenvalue weighted by Gasteiger charge is -2.23. The van der Waals surface area contributed by atoms with Gasteiger partial charge in [0, 0.05) is 34.8 Å². The molecule has 1 unspecified atom stereocenters. The summed E-state index contributed by atoms with van der Waals surface area (Å²) in [7, 11) is -0.789. The number of aliphatic carboxylic acids is 1. The fraction of sp³-hybridized carbons (Fsp3) is 0.636. The van der Waals surface area contributed by atoms with Crippen LogP contribution in [-0.2, 0) is 15.6 Å². The summed E-state index contributed by atoms with van der Waals surface area (Å²) in [5, 5.41) is 13.8. The number of urea groups is 1. The van der Waals surface area contributed by atoms with Crippen LogP contribution in [0.3, 0.4) is 0 Å². The number of carboxylic acid groups (broad SMARTS) is 1. The van der Waals surface area contributed by atoms with Crippen molar-refractivity contribution in [3.8, 4) is 12.3 Å². The highest BCUT2D eigenvalue weighted by Gasteiger charge is 2.22. The third-order valence-corrected chi connectivity index (χ3v) is 4.03. The number of rotatable bonds is 4. The van der Waals surface area contributed by atoms with Crippen molar-refractivity contribution in [2.45, 2.75) is 31.3 Å². The van der Waals surface area contributed by atoms with E-state index in [1.807, 2.05) is 0 Å². The third-order valence-electron chi connectivity index (χ3n) is 2.65. The van der Waals surface area contributed by atoms with Crippen LogP contribution in [0.15, 0.2) is 0 Å². The number of nitrogens with one attached hydrogen (secondary N) is 2. The molecule has 0 aromatic heterocycles. The molecular weight excluding hydrogens is 256 g/mol. The summed E-state index contributed by atoms with van der Waals surface area (Å²) in [6, 6.07) is -1.67. The minimum absolute atomic E-state index is 0.0528. The van der Waals surface area contributed by atoms with E-state index in [4.69, 9.17) is 11.5 Å². The SMILES string of the molecule is C#CCC(NC(=O)NC1CCS(=O)CC1)C(=O)O. The zero-order valence-corrected chi connectivity index (χ0v) is 10.7. The summed E-state index contributed by atoms with van der Waals surface area (Å²) in [6.07, 6.45) is 6.26. The molecule has 1 saturated heterocycles. The molecule has 0 radical (unpaired) electrons. The molecule has 6 nitrogen and oxygen atoms in total. The average Bonchev–Trinajstić information content (AvgIpc) is 2.31. The molecular formula is C11H16N2O4S. The van der Waals surface area contributed by atoms with Gasteiger partial charge in [0.2, 0.25) is 0 Å². The fourth-order valence-electron chi connectivity index (χ4n) is 1.64. The summed E-state index contributed by atoms with van der Waals surface area (Å²) in [4.78, 5) is 22.3.